The molecule has 0 saturated carbocycles. The number of halogens is 1. The van der Waals surface area contributed by atoms with E-state index in [9.17, 15) is 14.0 Å². The van der Waals surface area contributed by atoms with Gasteiger partial charge in [0.25, 0.3) is 0 Å². The molecular weight excluding hydrogens is 227 g/mol. The van der Waals surface area contributed by atoms with Gasteiger partial charge < -0.3 is 9.52 Å². The van der Waals surface area contributed by atoms with Gasteiger partial charge in [-0.15, -0.1) is 0 Å². The molecule has 0 aliphatic rings. The molecule has 1 N–H and O–H groups in total. The molecule has 0 saturated heterocycles. The molecule has 4 nitrogen and oxygen atoms in total. The van der Waals surface area contributed by atoms with Crippen molar-refractivity contribution >= 4 is 12.3 Å². The zero-order valence-electron chi connectivity index (χ0n) is 8.51. The lowest BCUT2D eigenvalue weighted by molar-refractivity contribution is 0.0663. The molecule has 0 amide bonds. The van der Waals surface area contributed by atoms with Gasteiger partial charge in [-0.3, -0.25) is 4.79 Å². The zero-order chi connectivity index (χ0) is 12.4. The summed E-state index contributed by atoms with van der Waals surface area (Å²) >= 11 is 0. The highest BCUT2D eigenvalue weighted by atomic mass is 19.1. The Morgan fingerprint density at radius 1 is 1.29 bits per heavy atom. The van der Waals surface area contributed by atoms with Gasteiger partial charge in [0.1, 0.15) is 11.6 Å². The molecule has 1 aromatic carbocycles. The van der Waals surface area contributed by atoms with Crippen LogP contribution in [0.3, 0.4) is 0 Å². The molecule has 1 aromatic heterocycles. The highest BCUT2D eigenvalue weighted by Gasteiger charge is 2.16. The molecule has 2 rings (SSSR count). The van der Waals surface area contributed by atoms with Gasteiger partial charge in [0.15, 0.2) is 6.29 Å². The third kappa shape index (κ3) is 1.94. The van der Waals surface area contributed by atoms with E-state index in [2.05, 4.69) is 0 Å². The van der Waals surface area contributed by atoms with Crippen molar-refractivity contribution in [2.75, 3.05) is 0 Å². The molecule has 0 spiro atoms. The average Bonchev–Trinajstić information content (AvgIpc) is 2.77. The second-order valence-electron chi connectivity index (χ2n) is 3.29. The van der Waals surface area contributed by atoms with Crippen molar-refractivity contribution in [1.29, 1.82) is 0 Å². The van der Waals surface area contributed by atoms with Crippen molar-refractivity contribution in [2.24, 2.45) is 0 Å². The predicted molar refractivity (Wildman–Crippen MR) is 56.4 cm³/mol. The molecule has 0 aliphatic carbocycles. The number of rotatable bonds is 3. The van der Waals surface area contributed by atoms with Crippen LogP contribution in [0.15, 0.2) is 34.7 Å². The first kappa shape index (κ1) is 11.1. The molecule has 0 unspecified atom stereocenters. The van der Waals surface area contributed by atoms with Gasteiger partial charge in [-0.1, -0.05) is 12.1 Å². The van der Waals surface area contributed by atoms with Crippen molar-refractivity contribution < 1.29 is 23.5 Å². The lowest BCUT2D eigenvalue weighted by Gasteiger charge is -2.02. The lowest BCUT2D eigenvalue weighted by Crippen LogP contribution is -1.93. The van der Waals surface area contributed by atoms with E-state index in [1.807, 2.05) is 0 Å². The molecular formula is C12H7FO4. The number of carboxylic acid groups (broad SMARTS) is 1. The Labute approximate surface area is 95.3 Å². The summed E-state index contributed by atoms with van der Waals surface area (Å²) in [5, 5.41) is 8.68. The van der Waals surface area contributed by atoms with Crippen LogP contribution in [0.4, 0.5) is 4.39 Å². The Kier molecular flexibility index (Phi) is 2.74. The Morgan fingerprint density at radius 2 is 2.06 bits per heavy atom. The van der Waals surface area contributed by atoms with Gasteiger partial charge in [-0.25, -0.2) is 9.18 Å². The summed E-state index contributed by atoms with van der Waals surface area (Å²) < 4.78 is 18.5. The first-order chi connectivity index (χ1) is 8.13. The minimum absolute atomic E-state index is 0.0163. The number of aldehydes is 1. The number of furan rings is 1. The number of hydrogen-bond acceptors (Lipinski definition) is 3. The topological polar surface area (TPSA) is 67.5 Å². The number of aromatic carboxylic acids is 1. The highest BCUT2D eigenvalue weighted by molar-refractivity contribution is 5.88. The number of carbonyl (C=O) groups is 2. The first-order valence-corrected chi connectivity index (χ1v) is 4.70. The smallest absolute Gasteiger partial charge is 0.371 e. The van der Waals surface area contributed by atoms with Gasteiger partial charge in [0.05, 0.1) is 5.56 Å². The summed E-state index contributed by atoms with van der Waals surface area (Å²) in [5.41, 5.74) is 0.0753. The van der Waals surface area contributed by atoms with Crippen LogP contribution in [0, 0.1) is 5.82 Å². The van der Waals surface area contributed by atoms with Gasteiger partial charge in [0, 0.05) is 5.56 Å². The van der Waals surface area contributed by atoms with Crippen LogP contribution < -0.4 is 0 Å². The minimum Gasteiger partial charge on any atom is -0.475 e. The van der Waals surface area contributed by atoms with E-state index in [0.717, 1.165) is 0 Å². The van der Waals surface area contributed by atoms with Crippen LogP contribution in [0.2, 0.25) is 0 Å². The summed E-state index contributed by atoms with van der Waals surface area (Å²) in [5.74, 6) is -2.18. The van der Waals surface area contributed by atoms with Gasteiger partial charge in [-0.2, -0.15) is 0 Å². The summed E-state index contributed by atoms with van der Waals surface area (Å²) in [6.45, 7) is 0. The molecule has 0 bridgehead atoms. The summed E-state index contributed by atoms with van der Waals surface area (Å²) in [4.78, 5) is 21.4. The second-order valence-corrected chi connectivity index (χ2v) is 3.29. The standard InChI is InChI=1S/C12H7FO4/c13-8-3-1-2-7(6-14)11(8)9-4-5-10(17-9)12(15)16/h1-6H,(H,15,16). The van der Waals surface area contributed by atoms with Crippen LogP contribution in [0.25, 0.3) is 11.3 Å². The van der Waals surface area contributed by atoms with Gasteiger partial charge in [-0.05, 0) is 18.2 Å². The first-order valence-electron chi connectivity index (χ1n) is 4.70. The van der Waals surface area contributed by atoms with E-state index in [0.29, 0.717) is 6.29 Å². The maximum atomic E-state index is 13.6. The molecule has 0 fully saturated rings. The van der Waals surface area contributed by atoms with E-state index < -0.39 is 11.8 Å². The quantitative estimate of drug-likeness (QED) is 0.829. The van der Waals surface area contributed by atoms with E-state index in [1.54, 1.807) is 0 Å². The Morgan fingerprint density at radius 3 is 2.65 bits per heavy atom. The van der Waals surface area contributed by atoms with Crippen LogP contribution >= 0.6 is 0 Å². The fourth-order valence-electron chi connectivity index (χ4n) is 1.49. The fourth-order valence-corrected chi connectivity index (χ4v) is 1.49. The van der Waals surface area contributed by atoms with E-state index in [-0.39, 0.29) is 22.6 Å². The van der Waals surface area contributed by atoms with Crippen molar-refractivity contribution in [3.05, 3.63) is 47.5 Å². The zero-order valence-corrected chi connectivity index (χ0v) is 8.51. The minimum atomic E-state index is -1.25. The van der Waals surface area contributed by atoms with Crippen molar-refractivity contribution in [3.63, 3.8) is 0 Å². The van der Waals surface area contributed by atoms with Crippen LogP contribution in [-0.2, 0) is 0 Å². The van der Waals surface area contributed by atoms with Gasteiger partial charge in [0.2, 0.25) is 5.76 Å². The number of benzene rings is 1. The molecule has 0 radical (unpaired) electrons. The molecule has 2 aromatic rings. The van der Waals surface area contributed by atoms with Crippen LogP contribution in [0.5, 0.6) is 0 Å². The number of hydrogen-bond donors (Lipinski definition) is 1. The average molecular weight is 234 g/mol. The molecule has 1 heterocycles. The van der Waals surface area contributed by atoms with Crippen molar-refractivity contribution in [1.82, 2.24) is 0 Å². The maximum absolute atomic E-state index is 13.6. The molecule has 0 aliphatic heterocycles. The molecule has 0 atom stereocenters. The van der Waals surface area contributed by atoms with E-state index in [1.165, 1.54) is 30.3 Å². The molecule has 86 valence electrons. The maximum Gasteiger partial charge on any atom is 0.371 e. The van der Waals surface area contributed by atoms with Crippen LogP contribution in [0.1, 0.15) is 20.9 Å². The summed E-state index contributed by atoms with van der Waals surface area (Å²) in [6.07, 6.45) is 0.487. The lowest BCUT2D eigenvalue weighted by atomic mass is 10.1. The predicted octanol–water partition coefficient (Wildman–Crippen LogP) is 2.60. The Balaban J connectivity index is 2.59. The second kappa shape index (κ2) is 4.21. The molecule has 5 heteroatoms. The fraction of sp³-hybridized carbons (Fsp3) is 0. The normalized spacial score (nSPS) is 10.2. The van der Waals surface area contributed by atoms with Crippen molar-refractivity contribution in [2.45, 2.75) is 0 Å². The summed E-state index contributed by atoms with van der Waals surface area (Å²) in [6, 6.07) is 6.51. The third-order valence-corrected chi connectivity index (χ3v) is 2.24. The monoisotopic (exact) mass is 234 g/mol. The van der Waals surface area contributed by atoms with Crippen LogP contribution in [-0.4, -0.2) is 17.4 Å². The highest BCUT2D eigenvalue weighted by Crippen LogP contribution is 2.27. The Hall–Kier alpha value is -2.43. The van der Waals surface area contributed by atoms with E-state index >= 15 is 0 Å². The Bertz CT molecular complexity index is 586. The third-order valence-electron chi connectivity index (χ3n) is 2.24. The largest absolute Gasteiger partial charge is 0.475 e. The number of carbonyl (C=O) groups excluding carboxylic acids is 1. The van der Waals surface area contributed by atoms with Gasteiger partial charge >= 0.3 is 5.97 Å². The van der Waals surface area contributed by atoms with E-state index in [4.69, 9.17) is 9.52 Å². The summed E-state index contributed by atoms with van der Waals surface area (Å²) in [7, 11) is 0. The SMILES string of the molecule is O=Cc1cccc(F)c1-c1ccc(C(=O)O)o1. The van der Waals surface area contributed by atoms with Crippen molar-refractivity contribution in [3.8, 4) is 11.3 Å². The number of carboxylic acids is 1. The molecule has 17 heavy (non-hydrogen) atoms.